The van der Waals surface area contributed by atoms with Crippen LogP contribution in [-0.4, -0.2) is 78.7 Å². The summed E-state index contributed by atoms with van der Waals surface area (Å²) in [6.07, 6.45) is 1.90. The lowest BCUT2D eigenvalue weighted by Crippen LogP contribution is -2.39. The topological polar surface area (TPSA) is 89.4 Å². The lowest BCUT2D eigenvalue weighted by atomic mass is 10.4. The summed E-state index contributed by atoms with van der Waals surface area (Å²) in [5.74, 6) is 0.471. The van der Waals surface area contributed by atoms with Crippen LogP contribution in [0.2, 0.25) is 0 Å². The van der Waals surface area contributed by atoms with E-state index in [1.807, 2.05) is 6.20 Å². The Hall–Kier alpha value is -1.03. The van der Waals surface area contributed by atoms with Crippen molar-refractivity contribution in [3.8, 4) is 0 Å². The van der Waals surface area contributed by atoms with Crippen molar-refractivity contribution in [2.45, 2.75) is 33.0 Å². The molecule has 2 heterocycles. The second-order valence-electron chi connectivity index (χ2n) is 6.12. The summed E-state index contributed by atoms with van der Waals surface area (Å²) in [7, 11) is -2.83. The summed E-state index contributed by atoms with van der Waals surface area (Å²) >= 11 is 0. The molecule has 1 aliphatic heterocycles. The van der Waals surface area contributed by atoms with Gasteiger partial charge in [-0.1, -0.05) is 19.1 Å². The third-order valence-corrected chi connectivity index (χ3v) is 5.28. The van der Waals surface area contributed by atoms with E-state index in [0.717, 1.165) is 12.2 Å². The van der Waals surface area contributed by atoms with Crippen LogP contribution in [0.5, 0.6) is 0 Å². The first kappa shape index (κ1) is 18.3. The largest absolute Gasteiger partial charge is 0.378 e. The van der Waals surface area contributed by atoms with Crippen LogP contribution in [-0.2, 0) is 27.7 Å². The highest BCUT2D eigenvalue weighted by molar-refractivity contribution is 7.91. The molecule has 132 valence electrons. The van der Waals surface area contributed by atoms with Gasteiger partial charge < -0.3 is 10.1 Å². The van der Waals surface area contributed by atoms with Gasteiger partial charge in [-0.15, -0.1) is 5.10 Å². The number of nitrogens with zero attached hydrogens (tertiary/aromatic N) is 4. The van der Waals surface area contributed by atoms with Crippen LogP contribution in [0.25, 0.3) is 0 Å². The summed E-state index contributed by atoms with van der Waals surface area (Å²) in [6.45, 7) is 8.80. The molecule has 0 bridgehead atoms. The van der Waals surface area contributed by atoms with Crippen molar-refractivity contribution in [1.82, 2.24) is 25.2 Å². The second kappa shape index (κ2) is 8.72. The third-order valence-electron chi connectivity index (χ3n) is 3.67. The molecule has 9 heteroatoms. The maximum Gasteiger partial charge on any atom is 0.152 e. The molecule has 1 N–H and O–H groups in total. The molecule has 0 aromatic carbocycles. The van der Waals surface area contributed by atoms with Crippen LogP contribution < -0.4 is 5.32 Å². The van der Waals surface area contributed by atoms with Crippen molar-refractivity contribution < 1.29 is 13.2 Å². The van der Waals surface area contributed by atoms with Gasteiger partial charge in [0, 0.05) is 38.4 Å². The molecule has 0 spiro atoms. The normalized spacial score (nSPS) is 18.6. The zero-order valence-electron chi connectivity index (χ0n) is 13.9. The molecule has 1 fully saturated rings. The first-order valence-corrected chi connectivity index (χ1v) is 9.90. The Bertz CT molecular complexity index is 559. The summed E-state index contributed by atoms with van der Waals surface area (Å²) in [5.41, 5.74) is 0.866. The quantitative estimate of drug-likeness (QED) is 0.605. The van der Waals surface area contributed by atoms with Gasteiger partial charge in [0.1, 0.15) is 0 Å². The molecular formula is C14H27N5O3S. The molecule has 0 saturated carbocycles. The van der Waals surface area contributed by atoms with Gasteiger partial charge in [-0.3, -0.25) is 4.90 Å². The summed E-state index contributed by atoms with van der Waals surface area (Å²) in [5, 5.41) is 11.5. The van der Waals surface area contributed by atoms with Crippen LogP contribution in [0.3, 0.4) is 0 Å². The minimum Gasteiger partial charge on any atom is -0.378 e. The summed E-state index contributed by atoms with van der Waals surface area (Å²) in [6, 6.07) is 0.473. The van der Waals surface area contributed by atoms with Crippen LogP contribution >= 0.6 is 0 Å². The number of ether oxygens (including phenoxy) is 1. The van der Waals surface area contributed by atoms with E-state index in [9.17, 15) is 8.42 Å². The Morgan fingerprint density at radius 2 is 2.04 bits per heavy atom. The van der Waals surface area contributed by atoms with Crippen LogP contribution in [0.15, 0.2) is 6.20 Å². The van der Waals surface area contributed by atoms with Crippen LogP contribution in [0, 0.1) is 0 Å². The van der Waals surface area contributed by atoms with E-state index in [1.54, 1.807) is 4.68 Å². The van der Waals surface area contributed by atoms with Crippen molar-refractivity contribution in [3.63, 3.8) is 0 Å². The maximum atomic E-state index is 11.4. The zero-order chi connectivity index (χ0) is 16.7. The van der Waals surface area contributed by atoms with Gasteiger partial charge in [0.05, 0.1) is 37.0 Å². The Morgan fingerprint density at radius 1 is 1.30 bits per heavy atom. The summed E-state index contributed by atoms with van der Waals surface area (Å²) in [4.78, 5) is 2.10. The molecular weight excluding hydrogens is 318 g/mol. The predicted octanol–water partition coefficient (Wildman–Crippen LogP) is -0.477. The van der Waals surface area contributed by atoms with Crippen molar-refractivity contribution in [2.24, 2.45) is 0 Å². The Labute approximate surface area is 138 Å². The minimum atomic E-state index is -2.83. The summed E-state index contributed by atoms with van der Waals surface area (Å²) < 4.78 is 30.1. The smallest absolute Gasteiger partial charge is 0.152 e. The first-order chi connectivity index (χ1) is 10.9. The highest BCUT2D eigenvalue weighted by Gasteiger charge is 2.22. The van der Waals surface area contributed by atoms with Gasteiger partial charge in [-0.2, -0.15) is 0 Å². The first-order valence-electron chi connectivity index (χ1n) is 8.07. The van der Waals surface area contributed by atoms with Gasteiger partial charge in [0.2, 0.25) is 0 Å². The number of sulfone groups is 1. The van der Waals surface area contributed by atoms with Crippen LogP contribution in [0.1, 0.15) is 19.5 Å². The van der Waals surface area contributed by atoms with Gasteiger partial charge >= 0.3 is 0 Å². The molecule has 1 aromatic heterocycles. The number of hydrogen-bond donors (Lipinski definition) is 1. The van der Waals surface area contributed by atoms with E-state index < -0.39 is 9.84 Å². The van der Waals surface area contributed by atoms with E-state index in [4.69, 9.17) is 4.74 Å². The average molecular weight is 345 g/mol. The lowest BCUT2D eigenvalue weighted by molar-refractivity contribution is 0.124. The number of aromatic nitrogens is 3. The monoisotopic (exact) mass is 345 g/mol. The average Bonchev–Trinajstić information content (AvgIpc) is 2.92. The Balaban J connectivity index is 1.64. The van der Waals surface area contributed by atoms with E-state index in [0.29, 0.717) is 45.4 Å². The SMILES string of the molecule is CC(C)NCCOCCn1cc(CN2CCS(=O)(=O)CC2)nn1. The van der Waals surface area contributed by atoms with Crippen molar-refractivity contribution in [1.29, 1.82) is 0 Å². The fourth-order valence-corrected chi connectivity index (χ4v) is 3.61. The van der Waals surface area contributed by atoms with Crippen molar-refractivity contribution in [3.05, 3.63) is 11.9 Å². The van der Waals surface area contributed by atoms with Gasteiger partial charge in [-0.05, 0) is 0 Å². The number of nitrogens with one attached hydrogen (secondary N) is 1. The highest BCUT2D eigenvalue weighted by atomic mass is 32.2. The fourth-order valence-electron chi connectivity index (χ4n) is 2.34. The highest BCUT2D eigenvalue weighted by Crippen LogP contribution is 2.07. The zero-order valence-corrected chi connectivity index (χ0v) is 14.8. The molecule has 2 rings (SSSR count). The number of hydrogen-bond acceptors (Lipinski definition) is 7. The fraction of sp³-hybridized carbons (Fsp3) is 0.857. The molecule has 1 saturated heterocycles. The van der Waals surface area contributed by atoms with Gasteiger partial charge in [-0.25, -0.2) is 13.1 Å². The molecule has 0 unspecified atom stereocenters. The van der Waals surface area contributed by atoms with E-state index >= 15 is 0 Å². The molecule has 0 amide bonds. The molecule has 1 aliphatic rings. The molecule has 1 aromatic rings. The standard InChI is InChI=1S/C14H27N5O3S/c1-13(2)15-3-7-22-8-4-19-12-14(16-17-19)11-18-5-9-23(20,21)10-6-18/h12-13,15H,3-11H2,1-2H3. The van der Waals surface area contributed by atoms with Gasteiger partial charge in [0.25, 0.3) is 0 Å². The number of rotatable bonds is 9. The predicted molar refractivity (Wildman–Crippen MR) is 87.9 cm³/mol. The second-order valence-corrected chi connectivity index (χ2v) is 8.43. The Kier molecular flexibility index (Phi) is 6.94. The van der Waals surface area contributed by atoms with E-state index in [-0.39, 0.29) is 11.5 Å². The van der Waals surface area contributed by atoms with Crippen molar-refractivity contribution in [2.75, 3.05) is 44.4 Å². The van der Waals surface area contributed by atoms with E-state index in [2.05, 4.69) is 34.4 Å². The van der Waals surface area contributed by atoms with E-state index in [1.165, 1.54) is 0 Å². The maximum absolute atomic E-state index is 11.4. The Morgan fingerprint density at radius 3 is 2.74 bits per heavy atom. The molecule has 23 heavy (non-hydrogen) atoms. The molecule has 0 aliphatic carbocycles. The van der Waals surface area contributed by atoms with Crippen molar-refractivity contribution >= 4 is 9.84 Å². The third kappa shape index (κ3) is 6.94. The van der Waals surface area contributed by atoms with Gasteiger partial charge in [0.15, 0.2) is 9.84 Å². The molecule has 0 radical (unpaired) electrons. The molecule has 0 atom stereocenters. The molecule has 8 nitrogen and oxygen atoms in total. The van der Waals surface area contributed by atoms with Crippen LogP contribution in [0.4, 0.5) is 0 Å². The lowest BCUT2D eigenvalue weighted by Gasteiger charge is -2.25. The minimum absolute atomic E-state index is 0.236.